The third-order valence-electron chi connectivity index (χ3n) is 4.71. The van der Waals surface area contributed by atoms with E-state index in [-0.39, 0.29) is 9.79 Å². The molecule has 4 rings (SSSR count). The third kappa shape index (κ3) is 3.05. The van der Waals surface area contributed by atoms with Gasteiger partial charge in [0, 0.05) is 17.3 Å². The lowest BCUT2D eigenvalue weighted by atomic mass is 10.2. The van der Waals surface area contributed by atoms with E-state index in [9.17, 15) is 16.8 Å². The fourth-order valence-electron chi connectivity index (χ4n) is 3.20. The second kappa shape index (κ2) is 5.96. The van der Waals surface area contributed by atoms with E-state index in [1.165, 1.54) is 10.0 Å². The number of fused-ring (bicyclic) bond motifs is 1. The molecule has 1 saturated carbocycles. The Balaban J connectivity index is 1.97. The molecule has 2 aromatic carbocycles. The third-order valence-corrected chi connectivity index (χ3v) is 7.60. The molecular weight excluding hydrogens is 370 g/mol. The summed E-state index contributed by atoms with van der Waals surface area (Å²) < 4.78 is 51.6. The lowest BCUT2D eigenvalue weighted by molar-refractivity contribution is 0.586. The van der Waals surface area contributed by atoms with Gasteiger partial charge < -0.3 is 0 Å². The second-order valence-electron chi connectivity index (χ2n) is 6.86. The van der Waals surface area contributed by atoms with Crippen LogP contribution >= 0.6 is 0 Å². The minimum absolute atomic E-state index is 0.192. The molecule has 0 N–H and O–H groups in total. The molecule has 0 radical (unpaired) electrons. The molecule has 1 aliphatic rings. The Labute approximate surface area is 153 Å². The summed E-state index contributed by atoms with van der Waals surface area (Å²) in [5.74, 6) is 0.499. The molecular formula is C19H19NO4S2. The molecule has 7 heteroatoms. The molecule has 0 amide bonds. The summed E-state index contributed by atoms with van der Waals surface area (Å²) in [6, 6.07) is 14.7. The van der Waals surface area contributed by atoms with Gasteiger partial charge in [-0.05, 0) is 61.6 Å². The predicted molar refractivity (Wildman–Crippen MR) is 101 cm³/mol. The molecule has 0 unspecified atom stereocenters. The summed E-state index contributed by atoms with van der Waals surface area (Å²) in [5.41, 5.74) is 1.22. The van der Waals surface area contributed by atoms with E-state index in [1.807, 2.05) is 6.07 Å². The van der Waals surface area contributed by atoms with Crippen molar-refractivity contribution in [1.82, 2.24) is 3.97 Å². The van der Waals surface area contributed by atoms with Crippen molar-refractivity contribution in [2.75, 3.05) is 6.26 Å². The number of aromatic nitrogens is 1. The number of hydrogen-bond acceptors (Lipinski definition) is 4. The topological polar surface area (TPSA) is 73.2 Å². The average Bonchev–Trinajstić information content (AvgIpc) is 3.32. The first-order chi connectivity index (χ1) is 12.3. The Bertz CT molecular complexity index is 1190. The van der Waals surface area contributed by atoms with Gasteiger partial charge in [-0.1, -0.05) is 18.2 Å². The summed E-state index contributed by atoms with van der Waals surface area (Å²) in [5, 5.41) is 0.628. The van der Waals surface area contributed by atoms with Gasteiger partial charge in [0.05, 0.1) is 15.3 Å². The molecule has 1 aromatic heterocycles. The smallest absolute Gasteiger partial charge is 0.238 e. The van der Waals surface area contributed by atoms with Crippen molar-refractivity contribution in [3.63, 3.8) is 0 Å². The SMILES string of the molecule is CS(=O)(=O)c1ccc2c(c1)cc(CC1CC1)n2S(=O)(=O)c1ccccc1. The Hall–Kier alpha value is -2.12. The van der Waals surface area contributed by atoms with E-state index < -0.39 is 19.9 Å². The molecule has 1 heterocycles. The molecule has 0 bridgehead atoms. The van der Waals surface area contributed by atoms with Crippen molar-refractivity contribution < 1.29 is 16.8 Å². The van der Waals surface area contributed by atoms with Crippen LogP contribution in [0.1, 0.15) is 18.5 Å². The van der Waals surface area contributed by atoms with Crippen LogP contribution in [0.4, 0.5) is 0 Å². The minimum atomic E-state index is -3.75. The first-order valence-corrected chi connectivity index (χ1v) is 11.7. The van der Waals surface area contributed by atoms with E-state index in [0.29, 0.717) is 28.9 Å². The standard InChI is InChI=1S/C19H19NO4S2/c1-25(21,22)18-9-10-19-15(13-18)12-16(11-14-7-8-14)20(19)26(23,24)17-5-3-2-4-6-17/h2-6,9-10,12-14H,7-8,11H2,1H3. The Morgan fingerprint density at radius 3 is 2.23 bits per heavy atom. The first-order valence-electron chi connectivity index (χ1n) is 8.42. The Kier molecular flexibility index (Phi) is 3.96. The van der Waals surface area contributed by atoms with Crippen molar-refractivity contribution in [3.05, 3.63) is 60.3 Å². The second-order valence-corrected chi connectivity index (χ2v) is 10.7. The lowest BCUT2D eigenvalue weighted by Gasteiger charge is -2.12. The molecule has 0 aliphatic heterocycles. The van der Waals surface area contributed by atoms with Crippen LogP contribution in [0, 0.1) is 5.92 Å². The normalized spacial score (nSPS) is 15.4. The van der Waals surface area contributed by atoms with Crippen LogP contribution in [0.25, 0.3) is 10.9 Å². The maximum atomic E-state index is 13.3. The molecule has 0 spiro atoms. The monoisotopic (exact) mass is 389 g/mol. The van der Waals surface area contributed by atoms with E-state index in [1.54, 1.807) is 42.5 Å². The highest BCUT2D eigenvalue weighted by Crippen LogP contribution is 2.36. The average molecular weight is 389 g/mol. The van der Waals surface area contributed by atoms with Gasteiger partial charge in [-0.2, -0.15) is 0 Å². The van der Waals surface area contributed by atoms with Gasteiger partial charge in [0.1, 0.15) is 0 Å². The number of hydrogen-bond donors (Lipinski definition) is 0. The zero-order chi connectivity index (χ0) is 18.5. The highest BCUT2D eigenvalue weighted by atomic mass is 32.2. The van der Waals surface area contributed by atoms with Gasteiger partial charge in [0.2, 0.25) is 0 Å². The summed E-state index contributed by atoms with van der Waals surface area (Å²) in [7, 11) is -7.11. The predicted octanol–water partition coefficient (Wildman–Crippen LogP) is 3.23. The quantitative estimate of drug-likeness (QED) is 0.671. The fraction of sp³-hybridized carbons (Fsp3) is 0.263. The van der Waals surface area contributed by atoms with Gasteiger partial charge in [0.15, 0.2) is 9.84 Å². The number of rotatable bonds is 5. The van der Waals surface area contributed by atoms with Gasteiger partial charge in [-0.25, -0.2) is 20.8 Å². The maximum absolute atomic E-state index is 13.3. The molecule has 1 aliphatic carbocycles. The van der Waals surface area contributed by atoms with Crippen LogP contribution in [0.2, 0.25) is 0 Å². The molecule has 0 atom stereocenters. The number of nitrogens with zero attached hydrogens (tertiary/aromatic N) is 1. The van der Waals surface area contributed by atoms with Crippen LogP contribution in [0.3, 0.4) is 0 Å². The van der Waals surface area contributed by atoms with Crippen molar-refractivity contribution in [3.8, 4) is 0 Å². The molecule has 3 aromatic rings. The summed E-state index contributed by atoms with van der Waals surface area (Å²) in [6.45, 7) is 0. The molecule has 0 saturated heterocycles. The van der Waals surface area contributed by atoms with Gasteiger partial charge in [0.25, 0.3) is 10.0 Å². The number of benzene rings is 2. The van der Waals surface area contributed by atoms with Crippen LogP contribution < -0.4 is 0 Å². The molecule has 5 nitrogen and oxygen atoms in total. The summed E-state index contributed by atoms with van der Waals surface area (Å²) in [4.78, 5) is 0.416. The van der Waals surface area contributed by atoms with Crippen molar-refractivity contribution >= 4 is 30.8 Å². The van der Waals surface area contributed by atoms with E-state index in [0.717, 1.165) is 19.1 Å². The summed E-state index contributed by atoms with van der Waals surface area (Å²) >= 11 is 0. The number of sulfone groups is 1. The van der Waals surface area contributed by atoms with Crippen LogP contribution in [-0.4, -0.2) is 27.1 Å². The van der Waals surface area contributed by atoms with Crippen molar-refractivity contribution in [2.45, 2.75) is 29.1 Å². The molecule has 26 heavy (non-hydrogen) atoms. The zero-order valence-corrected chi connectivity index (χ0v) is 15.9. The van der Waals surface area contributed by atoms with Gasteiger partial charge in [-0.15, -0.1) is 0 Å². The molecule has 1 fully saturated rings. The lowest BCUT2D eigenvalue weighted by Crippen LogP contribution is -2.16. The molecule has 136 valence electrons. The van der Waals surface area contributed by atoms with Crippen molar-refractivity contribution in [1.29, 1.82) is 0 Å². The minimum Gasteiger partial charge on any atom is -0.238 e. The van der Waals surface area contributed by atoms with E-state index in [2.05, 4.69) is 0 Å². The highest BCUT2D eigenvalue weighted by molar-refractivity contribution is 7.90. The van der Waals surface area contributed by atoms with Gasteiger partial charge in [-0.3, -0.25) is 0 Å². The van der Waals surface area contributed by atoms with Gasteiger partial charge >= 0.3 is 0 Å². The van der Waals surface area contributed by atoms with Crippen LogP contribution in [0.5, 0.6) is 0 Å². The van der Waals surface area contributed by atoms with Crippen LogP contribution in [0.15, 0.2) is 64.4 Å². The maximum Gasteiger partial charge on any atom is 0.268 e. The van der Waals surface area contributed by atoms with Crippen LogP contribution in [-0.2, 0) is 26.3 Å². The largest absolute Gasteiger partial charge is 0.268 e. The zero-order valence-electron chi connectivity index (χ0n) is 14.3. The first kappa shape index (κ1) is 17.3. The van der Waals surface area contributed by atoms with E-state index >= 15 is 0 Å². The fourth-order valence-corrected chi connectivity index (χ4v) is 5.43. The Morgan fingerprint density at radius 2 is 1.62 bits per heavy atom. The summed E-state index contributed by atoms with van der Waals surface area (Å²) in [6.07, 6.45) is 4.02. The van der Waals surface area contributed by atoms with E-state index in [4.69, 9.17) is 0 Å². The Morgan fingerprint density at radius 1 is 0.923 bits per heavy atom. The van der Waals surface area contributed by atoms with Crippen molar-refractivity contribution in [2.24, 2.45) is 5.92 Å². The highest BCUT2D eigenvalue weighted by Gasteiger charge is 2.28.